The van der Waals surface area contributed by atoms with Crippen molar-refractivity contribution in [2.24, 2.45) is 11.8 Å². The van der Waals surface area contributed by atoms with Gasteiger partial charge >= 0.3 is 0 Å². The molecule has 0 aliphatic heterocycles. The molecule has 3 atom stereocenters. The summed E-state index contributed by atoms with van der Waals surface area (Å²) in [6.45, 7) is 6.59. The van der Waals surface area contributed by atoms with E-state index in [1.165, 1.54) is 12.8 Å². The minimum atomic E-state index is 0.0937. The molecule has 0 bridgehead atoms. The van der Waals surface area contributed by atoms with Gasteiger partial charge < -0.3 is 9.84 Å². The Hall–Kier alpha value is -1.39. The monoisotopic (exact) mass is 293 g/mol. The van der Waals surface area contributed by atoms with Crippen molar-refractivity contribution >= 4 is 5.91 Å². The summed E-state index contributed by atoms with van der Waals surface area (Å²) in [6.07, 6.45) is 6.35. The Morgan fingerprint density at radius 1 is 1.33 bits per heavy atom. The summed E-state index contributed by atoms with van der Waals surface area (Å²) < 4.78 is 5.15. The van der Waals surface area contributed by atoms with Gasteiger partial charge in [-0.2, -0.15) is 4.98 Å². The van der Waals surface area contributed by atoms with Gasteiger partial charge in [0.2, 0.25) is 11.8 Å². The zero-order valence-electron chi connectivity index (χ0n) is 13.4. The highest BCUT2D eigenvalue weighted by molar-refractivity contribution is 5.76. The first-order valence-electron chi connectivity index (χ1n) is 8.21. The van der Waals surface area contributed by atoms with Gasteiger partial charge in [0.15, 0.2) is 5.82 Å². The van der Waals surface area contributed by atoms with Crippen LogP contribution in [-0.2, 0) is 17.6 Å². The van der Waals surface area contributed by atoms with Crippen LogP contribution in [0.5, 0.6) is 0 Å². The molecule has 0 saturated heterocycles. The van der Waals surface area contributed by atoms with Crippen LogP contribution in [0.1, 0.15) is 64.6 Å². The van der Waals surface area contributed by atoms with Gasteiger partial charge in [-0.3, -0.25) is 4.79 Å². The summed E-state index contributed by atoms with van der Waals surface area (Å²) in [7, 11) is 0. The van der Waals surface area contributed by atoms with Gasteiger partial charge in [-0.05, 0) is 24.7 Å². The van der Waals surface area contributed by atoms with Crippen molar-refractivity contribution in [2.75, 3.05) is 0 Å². The second-order valence-corrected chi connectivity index (χ2v) is 6.30. The van der Waals surface area contributed by atoms with E-state index in [9.17, 15) is 4.79 Å². The molecule has 1 saturated carbocycles. The number of carbonyl (C=O) groups is 1. The van der Waals surface area contributed by atoms with E-state index in [2.05, 4.69) is 36.2 Å². The molecule has 2 rings (SSSR count). The Labute approximate surface area is 126 Å². The lowest BCUT2D eigenvalue weighted by molar-refractivity contribution is -0.122. The molecule has 1 N–H and O–H groups in total. The number of nitrogens with zero attached hydrogens (tertiary/aromatic N) is 2. The number of aryl methyl sites for hydroxylation is 2. The fraction of sp³-hybridized carbons (Fsp3) is 0.812. The zero-order valence-corrected chi connectivity index (χ0v) is 13.4. The first-order valence-corrected chi connectivity index (χ1v) is 8.21. The summed E-state index contributed by atoms with van der Waals surface area (Å²) >= 11 is 0. The molecular formula is C16H27N3O2. The number of rotatable bonds is 6. The van der Waals surface area contributed by atoms with E-state index < -0.39 is 0 Å². The first kappa shape index (κ1) is 16.0. The molecule has 0 spiro atoms. The van der Waals surface area contributed by atoms with Crippen molar-refractivity contribution in [3.8, 4) is 0 Å². The molecule has 1 heterocycles. The van der Waals surface area contributed by atoms with Crippen molar-refractivity contribution in [1.82, 2.24) is 15.5 Å². The van der Waals surface area contributed by atoms with Crippen LogP contribution in [0.15, 0.2) is 4.52 Å². The molecule has 0 radical (unpaired) electrons. The predicted molar refractivity (Wildman–Crippen MR) is 80.7 cm³/mol. The lowest BCUT2D eigenvalue weighted by Gasteiger charge is -2.34. The lowest BCUT2D eigenvalue weighted by atomic mass is 9.78. The van der Waals surface area contributed by atoms with Crippen LogP contribution >= 0.6 is 0 Å². The van der Waals surface area contributed by atoms with Crippen molar-refractivity contribution in [3.63, 3.8) is 0 Å². The molecule has 118 valence electrons. The maximum atomic E-state index is 12.1. The number of aromatic nitrogens is 2. The summed E-state index contributed by atoms with van der Waals surface area (Å²) in [5.41, 5.74) is 0. The standard InChI is InChI=1S/C16H27N3O2/c1-4-6-14-18-16(21-19-14)10-9-15(20)17-13-8-5-7-11(2)12(13)3/h11-13H,4-10H2,1-3H3,(H,17,20)/t11-,12-,13+/m0/s1. The summed E-state index contributed by atoms with van der Waals surface area (Å²) in [5, 5.41) is 7.08. The van der Waals surface area contributed by atoms with Gasteiger partial charge in [0.05, 0.1) is 0 Å². The van der Waals surface area contributed by atoms with E-state index in [0.717, 1.165) is 25.1 Å². The Morgan fingerprint density at radius 2 is 2.14 bits per heavy atom. The van der Waals surface area contributed by atoms with E-state index in [0.29, 0.717) is 36.6 Å². The van der Waals surface area contributed by atoms with Crippen LogP contribution in [0, 0.1) is 11.8 Å². The Morgan fingerprint density at radius 3 is 2.90 bits per heavy atom. The molecule has 1 fully saturated rings. The van der Waals surface area contributed by atoms with E-state index >= 15 is 0 Å². The van der Waals surface area contributed by atoms with Gasteiger partial charge in [-0.15, -0.1) is 0 Å². The number of hydrogen-bond acceptors (Lipinski definition) is 4. The summed E-state index contributed by atoms with van der Waals surface area (Å²) in [6, 6.07) is 0.319. The average Bonchev–Trinajstić information content (AvgIpc) is 2.90. The minimum absolute atomic E-state index is 0.0937. The van der Waals surface area contributed by atoms with Crippen LogP contribution in [0.2, 0.25) is 0 Å². The first-order chi connectivity index (χ1) is 10.1. The summed E-state index contributed by atoms with van der Waals surface area (Å²) in [5.74, 6) is 2.65. The fourth-order valence-corrected chi connectivity index (χ4v) is 3.00. The van der Waals surface area contributed by atoms with E-state index in [1.807, 2.05) is 0 Å². The second-order valence-electron chi connectivity index (χ2n) is 6.30. The fourth-order valence-electron chi connectivity index (χ4n) is 3.00. The van der Waals surface area contributed by atoms with Gasteiger partial charge in [0.1, 0.15) is 0 Å². The maximum absolute atomic E-state index is 12.1. The van der Waals surface area contributed by atoms with Crippen LogP contribution < -0.4 is 5.32 Å². The molecule has 5 nitrogen and oxygen atoms in total. The van der Waals surface area contributed by atoms with E-state index in [4.69, 9.17) is 4.52 Å². The van der Waals surface area contributed by atoms with E-state index in [1.54, 1.807) is 0 Å². The summed E-state index contributed by atoms with van der Waals surface area (Å²) in [4.78, 5) is 16.4. The SMILES string of the molecule is CCCc1noc(CCC(=O)N[C@@H]2CCC[C@H](C)[C@@H]2C)n1. The lowest BCUT2D eigenvalue weighted by Crippen LogP contribution is -2.43. The molecule has 1 aromatic heterocycles. The van der Waals surface area contributed by atoms with Crippen molar-refractivity contribution in [3.05, 3.63) is 11.7 Å². The molecule has 0 unspecified atom stereocenters. The van der Waals surface area contributed by atoms with Crippen LogP contribution in [0.3, 0.4) is 0 Å². The molecule has 1 aliphatic rings. The number of nitrogens with one attached hydrogen (secondary N) is 1. The van der Waals surface area contributed by atoms with Crippen LogP contribution in [0.25, 0.3) is 0 Å². The van der Waals surface area contributed by atoms with Gasteiger partial charge in [-0.1, -0.05) is 38.8 Å². The third-order valence-corrected chi connectivity index (χ3v) is 4.60. The topological polar surface area (TPSA) is 68.0 Å². The normalized spacial score (nSPS) is 25.8. The van der Waals surface area contributed by atoms with Crippen LogP contribution in [-0.4, -0.2) is 22.1 Å². The van der Waals surface area contributed by atoms with Gasteiger partial charge in [0.25, 0.3) is 0 Å². The maximum Gasteiger partial charge on any atom is 0.227 e. The number of hydrogen-bond donors (Lipinski definition) is 1. The smallest absolute Gasteiger partial charge is 0.227 e. The van der Waals surface area contributed by atoms with Crippen molar-refractivity contribution in [1.29, 1.82) is 0 Å². The predicted octanol–water partition coefficient (Wildman–Crippen LogP) is 2.90. The van der Waals surface area contributed by atoms with Gasteiger partial charge in [0, 0.05) is 25.3 Å². The third kappa shape index (κ3) is 4.55. The van der Waals surface area contributed by atoms with Crippen molar-refractivity contribution < 1.29 is 9.32 Å². The second kappa shape index (κ2) is 7.57. The van der Waals surface area contributed by atoms with E-state index in [-0.39, 0.29) is 5.91 Å². The molecule has 1 aromatic rings. The number of carbonyl (C=O) groups excluding carboxylic acids is 1. The Kier molecular flexibility index (Phi) is 5.76. The molecule has 1 amide bonds. The highest BCUT2D eigenvalue weighted by Crippen LogP contribution is 2.29. The third-order valence-electron chi connectivity index (χ3n) is 4.60. The highest BCUT2D eigenvalue weighted by atomic mass is 16.5. The zero-order chi connectivity index (χ0) is 15.2. The average molecular weight is 293 g/mol. The molecule has 21 heavy (non-hydrogen) atoms. The molecular weight excluding hydrogens is 266 g/mol. The molecule has 0 aromatic carbocycles. The highest BCUT2D eigenvalue weighted by Gasteiger charge is 2.28. The number of amides is 1. The van der Waals surface area contributed by atoms with Crippen LogP contribution in [0.4, 0.5) is 0 Å². The van der Waals surface area contributed by atoms with Gasteiger partial charge in [-0.25, -0.2) is 0 Å². The molecule has 5 heteroatoms. The van der Waals surface area contributed by atoms with Crippen molar-refractivity contribution in [2.45, 2.75) is 71.8 Å². The Balaban J connectivity index is 1.76. The molecule has 1 aliphatic carbocycles. The minimum Gasteiger partial charge on any atom is -0.353 e. The quantitative estimate of drug-likeness (QED) is 0.875. The largest absolute Gasteiger partial charge is 0.353 e. The Bertz CT molecular complexity index is 458.